The Labute approximate surface area is 193 Å². The normalized spacial score (nSPS) is 12.7. The second kappa shape index (κ2) is 6.25. The predicted molar refractivity (Wildman–Crippen MR) is 136 cm³/mol. The molecule has 6 aromatic rings. The zero-order valence-electron chi connectivity index (χ0n) is 17.5. The maximum atomic E-state index is 5.06. The van der Waals surface area contributed by atoms with E-state index in [-0.39, 0.29) is 0 Å². The maximum Gasteiger partial charge on any atom is 0.0817 e. The lowest BCUT2D eigenvalue weighted by Gasteiger charge is -2.12. The molecule has 0 atom stereocenters. The molecule has 0 aliphatic carbocycles. The Kier molecular flexibility index (Phi) is 3.31. The minimum Gasteiger partial charge on any atom is -0.248 e. The van der Waals surface area contributed by atoms with Crippen molar-refractivity contribution in [3.63, 3.8) is 0 Å². The van der Waals surface area contributed by atoms with E-state index in [9.17, 15) is 0 Å². The molecule has 33 heavy (non-hydrogen) atoms. The zero-order valence-corrected chi connectivity index (χ0v) is 18.4. The van der Waals surface area contributed by atoms with E-state index in [2.05, 4.69) is 97.1 Å². The lowest BCUT2D eigenvalue weighted by atomic mass is 9.91. The summed E-state index contributed by atoms with van der Waals surface area (Å²) in [6.07, 6.45) is 0. The SMILES string of the molecule is c1cc2c(c(-c3cccc4sc5ccccc5c34)c1)-c1c3c(ccc1=N2)=c1ccccc1=N3. The summed E-state index contributed by atoms with van der Waals surface area (Å²) in [5, 5.41) is 7.09. The van der Waals surface area contributed by atoms with E-state index in [1.807, 2.05) is 11.3 Å². The molecule has 8 rings (SSSR count). The van der Waals surface area contributed by atoms with E-state index in [4.69, 9.17) is 9.98 Å². The van der Waals surface area contributed by atoms with E-state index in [1.54, 1.807) is 0 Å². The first kappa shape index (κ1) is 17.5. The highest BCUT2D eigenvalue weighted by molar-refractivity contribution is 7.25. The second-order valence-corrected chi connectivity index (χ2v) is 9.66. The predicted octanol–water partition coefficient (Wildman–Crippen LogP) is 7.20. The quantitative estimate of drug-likeness (QED) is 0.260. The molecule has 0 saturated heterocycles. The zero-order chi connectivity index (χ0) is 21.5. The van der Waals surface area contributed by atoms with Crippen molar-refractivity contribution in [1.29, 1.82) is 0 Å². The van der Waals surface area contributed by atoms with Gasteiger partial charge in [-0.2, -0.15) is 0 Å². The Morgan fingerprint density at radius 1 is 0.515 bits per heavy atom. The van der Waals surface area contributed by atoms with E-state index >= 15 is 0 Å². The van der Waals surface area contributed by atoms with Gasteiger partial charge in [0.1, 0.15) is 0 Å². The van der Waals surface area contributed by atoms with Crippen LogP contribution in [0.25, 0.3) is 42.4 Å². The van der Waals surface area contributed by atoms with E-state index < -0.39 is 0 Å². The van der Waals surface area contributed by atoms with Gasteiger partial charge in [-0.3, -0.25) is 0 Å². The highest BCUT2D eigenvalue weighted by Crippen LogP contribution is 2.48. The average Bonchev–Trinajstić information content (AvgIpc) is 3.54. The van der Waals surface area contributed by atoms with Crippen LogP contribution in [-0.2, 0) is 0 Å². The number of hydrogen-bond acceptors (Lipinski definition) is 3. The molecule has 152 valence electrons. The summed E-state index contributed by atoms with van der Waals surface area (Å²) in [4.78, 5) is 10.1. The van der Waals surface area contributed by atoms with Crippen molar-refractivity contribution >= 4 is 42.9 Å². The Hall–Kier alpha value is -4.08. The fourth-order valence-electron chi connectivity index (χ4n) is 5.42. The summed E-state index contributed by atoms with van der Waals surface area (Å²) in [7, 11) is 0. The monoisotopic (exact) mass is 436 g/mol. The summed E-state index contributed by atoms with van der Waals surface area (Å²) in [5.41, 5.74) is 6.92. The van der Waals surface area contributed by atoms with Gasteiger partial charge in [0.2, 0.25) is 0 Å². The van der Waals surface area contributed by atoms with Crippen molar-refractivity contribution in [1.82, 2.24) is 0 Å². The fraction of sp³-hybridized carbons (Fsp3) is 0. The molecule has 0 bridgehead atoms. The minimum atomic E-state index is 1.01. The lowest BCUT2D eigenvalue weighted by Crippen LogP contribution is -2.01. The third kappa shape index (κ3) is 2.27. The largest absolute Gasteiger partial charge is 0.248 e. The van der Waals surface area contributed by atoms with Gasteiger partial charge in [-0.15, -0.1) is 11.3 Å². The molecular formula is C30H16N2S. The summed E-state index contributed by atoms with van der Waals surface area (Å²) in [6.45, 7) is 0. The summed E-state index contributed by atoms with van der Waals surface area (Å²) in [5.74, 6) is 0. The molecule has 0 saturated carbocycles. The minimum absolute atomic E-state index is 1.01. The van der Waals surface area contributed by atoms with Crippen LogP contribution in [0.15, 0.2) is 107 Å². The first-order valence-electron chi connectivity index (χ1n) is 11.1. The molecule has 3 heterocycles. The van der Waals surface area contributed by atoms with Crippen LogP contribution in [0.1, 0.15) is 0 Å². The summed E-state index contributed by atoms with van der Waals surface area (Å²) in [6, 6.07) is 34.6. The van der Waals surface area contributed by atoms with Gasteiger partial charge in [-0.25, -0.2) is 9.98 Å². The number of benzene rings is 5. The molecule has 0 fully saturated rings. The van der Waals surface area contributed by atoms with E-state index in [0.29, 0.717) is 0 Å². The van der Waals surface area contributed by atoms with Gasteiger partial charge < -0.3 is 0 Å². The number of hydrogen-bond donors (Lipinski definition) is 0. The Morgan fingerprint density at radius 3 is 2.33 bits per heavy atom. The van der Waals surface area contributed by atoms with Gasteiger partial charge in [0.05, 0.1) is 22.1 Å². The van der Waals surface area contributed by atoms with Crippen molar-refractivity contribution in [2.24, 2.45) is 9.98 Å². The van der Waals surface area contributed by atoms with Crippen molar-refractivity contribution in [2.75, 3.05) is 0 Å². The van der Waals surface area contributed by atoms with Crippen LogP contribution < -0.4 is 10.7 Å². The molecule has 1 aromatic heterocycles. The van der Waals surface area contributed by atoms with Gasteiger partial charge in [0, 0.05) is 41.7 Å². The van der Waals surface area contributed by atoms with E-state index in [0.717, 1.165) is 27.7 Å². The number of thiophene rings is 1. The Balaban J connectivity index is 1.51. The molecule has 2 aliphatic heterocycles. The van der Waals surface area contributed by atoms with Crippen molar-refractivity contribution in [3.8, 4) is 22.3 Å². The number of para-hydroxylation sites is 1. The summed E-state index contributed by atoms with van der Waals surface area (Å²) >= 11 is 1.86. The standard InChI is InChI=1S/C30H16N2S/c1-3-11-22-17(7-1)20-15-16-24-29(30(20)32-22)28-19(9-5-12-23(28)31-24)18-10-6-14-26-27(18)21-8-2-4-13-25(21)33-26/h1-16H. The van der Waals surface area contributed by atoms with Gasteiger partial charge in [-0.05, 0) is 47.5 Å². The van der Waals surface area contributed by atoms with Crippen molar-refractivity contribution in [2.45, 2.75) is 0 Å². The van der Waals surface area contributed by atoms with Crippen LogP contribution in [-0.4, -0.2) is 0 Å². The van der Waals surface area contributed by atoms with Crippen LogP contribution in [0.2, 0.25) is 0 Å². The van der Waals surface area contributed by atoms with Crippen LogP contribution in [0.5, 0.6) is 0 Å². The van der Waals surface area contributed by atoms with Crippen LogP contribution in [0, 0.1) is 10.4 Å². The summed E-state index contributed by atoms with van der Waals surface area (Å²) < 4.78 is 2.64. The fourth-order valence-corrected chi connectivity index (χ4v) is 6.55. The number of rotatable bonds is 1. The molecule has 5 aromatic carbocycles. The molecule has 3 heteroatoms. The van der Waals surface area contributed by atoms with Crippen molar-refractivity contribution in [3.05, 3.63) is 118 Å². The molecular weight excluding hydrogens is 420 g/mol. The van der Waals surface area contributed by atoms with Crippen LogP contribution >= 0.6 is 11.3 Å². The maximum absolute atomic E-state index is 5.06. The number of fused-ring (bicyclic) bond motifs is 9. The first-order valence-corrected chi connectivity index (χ1v) is 11.9. The van der Waals surface area contributed by atoms with Crippen LogP contribution in [0.4, 0.5) is 11.4 Å². The second-order valence-electron chi connectivity index (χ2n) is 8.57. The Bertz CT molecular complexity index is 2030. The lowest BCUT2D eigenvalue weighted by molar-refractivity contribution is 1.36. The van der Waals surface area contributed by atoms with E-state index in [1.165, 1.54) is 47.3 Å². The van der Waals surface area contributed by atoms with Crippen molar-refractivity contribution < 1.29 is 0 Å². The third-order valence-electron chi connectivity index (χ3n) is 6.81. The smallest absolute Gasteiger partial charge is 0.0817 e. The molecule has 0 unspecified atom stereocenters. The Morgan fingerprint density at radius 2 is 1.33 bits per heavy atom. The highest BCUT2D eigenvalue weighted by atomic mass is 32.1. The number of nitrogens with zero attached hydrogens (tertiary/aromatic N) is 2. The van der Waals surface area contributed by atoms with Gasteiger partial charge in [-0.1, -0.05) is 60.7 Å². The average molecular weight is 437 g/mol. The molecule has 0 N–H and O–H groups in total. The van der Waals surface area contributed by atoms with Crippen LogP contribution in [0.3, 0.4) is 0 Å². The molecule has 2 nitrogen and oxygen atoms in total. The van der Waals surface area contributed by atoms with Gasteiger partial charge >= 0.3 is 0 Å². The highest BCUT2D eigenvalue weighted by Gasteiger charge is 2.24. The van der Waals surface area contributed by atoms with Gasteiger partial charge in [0.15, 0.2) is 0 Å². The molecule has 0 spiro atoms. The molecule has 0 amide bonds. The molecule has 2 aliphatic rings. The van der Waals surface area contributed by atoms with Gasteiger partial charge in [0.25, 0.3) is 0 Å². The third-order valence-corrected chi connectivity index (χ3v) is 7.94. The topological polar surface area (TPSA) is 24.7 Å². The first-order chi connectivity index (χ1) is 16.4. The molecule has 0 radical (unpaired) electrons.